The molecule has 0 saturated heterocycles. The Kier molecular flexibility index (Phi) is 4.75. The second kappa shape index (κ2) is 5.91. The molecule has 104 valence electrons. The third-order valence-electron chi connectivity index (χ3n) is 2.58. The van der Waals surface area contributed by atoms with Crippen molar-refractivity contribution in [2.45, 2.75) is 18.2 Å². The fraction of sp³-hybridized carbons (Fsp3) is 0.417. The van der Waals surface area contributed by atoms with E-state index in [9.17, 15) is 13.2 Å². The molecule has 0 aliphatic rings. The monoisotopic (exact) mass is 284 g/mol. The minimum atomic E-state index is -3.75. The third-order valence-corrected chi connectivity index (χ3v) is 4.39. The zero-order valence-corrected chi connectivity index (χ0v) is 11.6. The van der Waals surface area contributed by atoms with Gasteiger partial charge in [-0.1, -0.05) is 12.8 Å². The maximum Gasteiger partial charge on any atom is 0.352 e. The first kappa shape index (κ1) is 15.3. The number of carboxylic acid groups (broad SMARTS) is 1. The lowest BCUT2D eigenvalue weighted by atomic mass is 10.4. The van der Waals surface area contributed by atoms with Crippen molar-refractivity contribution in [3.63, 3.8) is 0 Å². The normalized spacial score (nSPS) is 11.5. The Labute approximate surface area is 112 Å². The van der Waals surface area contributed by atoms with Gasteiger partial charge in [-0.05, 0) is 12.5 Å². The molecule has 0 fully saturated rings. The molecule has 1 aromatic rings. The van der Waals surface area contributed by atoms with E-state index in [4.69, 9.17) is 11.5 Å². The van der Waals surface area contributed by atoms with Crippen molar-refractivity contribution in [1.29, 1.82) is 0 Å². The molecule has 0 amide bonds. The topological polar surface area (TPSA) is 79.6 Å². The Morgan fingerprint density at radius 2 is 2.21 bits per heavy atom. The second-order valence-corrected chi connectivity index (χ2v) is 5.96. The summed E-state index contributed by atoms with van der Waals surface area (Å²) in [5, 5.41) is 8.93. The average molecular weight is 284 g/mol. The number of aromatic carboxylic acids is 1. The lowest BCUT2D eigenvalue weighted by molar-refractivity contribution is 0.0686. The molecule has 0 saturated carbocycles. The molecule has 6 nitrogen and oxygen atoms in total. The number of carbonyl (C=O) groups is 1. The molecule has 1 heterocycles. The van der Waals surface area contributed by atoms with Crippen molar-refractivity contribution in [1.82, 2.24) is 8.87 Å². The summed E-state index contributed by atoms with van der Waals surface area (Å²) < 4.78 is 27.1. The molecule has 0 bridgehead atoms. The first-order valence-corrected chi connectivity index (χ1v) is 7.11. The van der Waals surface area contributed by atoms with Crippen LogP contribution in [0.3, 0.4) is 0 Å². The smallest absolute Gasteiger partial charge is 0.352 e. The van der Waals surface area contributed by atoms with Crippen LogP contribution in [-0.2, 0) is 17.1 Å². The second-order valence-electron chi connectivity index (χ2n) is 4.02. The number of rotatable bonds is 6. The predicted molar refractivity (Wildman–Crippen MR) is 70.3 cm³/mol. The van der Waals surface area contributed by atoms with Gasteiger partial charge in [-0.15, -0.1) is 6.42 Å². The summed E-state index contributed by atoms with van der Waals surface area (Å²) in [4.78, 5) is 10.9. The van der Waals surface area contributed by atoms with Crippen LogP contribution in [0.1, 0.15) is 23.8 Å². The van der Waals surface area contributed by atoms with Gasteiger partial charge in [0.25, 0.3) is 0 Å². The average Bonchev–Trinajstić information content (AvgIpc) is 2.72. The predicted octanol–water partition coefficient (Wildman–Crippen LogP) is 0.757. The van der Waals surface area contributed by atoms with E-state index in [2.05, 4.69) is 5.92 Å². The highest BCUT2D eigenvalue weighted by Crippen LogP contribution is 2.18. The minimum Gasteiger partial charge on any atom is -0.477 e. The maximum atomic E-state index is 12.3. The summed E-state index contributed by atoms with van der Waals surface area (Å²) in [6.07, 6.45) is 7.06. The van der Waals surface area contributed by atoms with Crippen molar-refractivity contribution < 1.29 is 18.3 Å². The van der Waals surface area contributed by atoms with E-state index in [-0.39, 0.29) is 17.1 Å². The van der Waals surface area contributed by atoms with Gasteiger partial charge in [0.05, 0.1) is 6.54 Å². The Hall–Kier alpha value is -1.78. The zero-order chi connectivity index (χ0) is 14.6. The molecule has 0 aliphatic heterocycles. The Balaban J connectivity index is 3.22. The van der Waals surface area contributed by atoms with Gasteiger partial charge in [0, 0.05) is 19.8 Å². The van der Waals surface area contributed by atoms with Crippen molar-refractivity contribution in [2.24, 2.45) is 7.05 Å². The molecule has 1 aromatic heterocycles. The number of hydrogen-bond acceptors (Lipinski definition) is 3. The summed E-state index contributed by atoms with van der Waals surface area (Å²) >= 11 is 0. The van der Waals surface area contributed by atoms with E-state index in [1.165, 1.54) is 17.8 Å². The molecule has 7 heteroatoms. The van der Waals surface area contributed by atoms with Crippen LogP contribution in [0.15, 0.2) is 17.2 Å². The van der Waals surface area contributed by atoms with Gasteiger partial charge in [-0.25, -0.2) is 13.2 Å². The number of carboxylic acids is 1. The number of aryl methyl sites for hydroxylation is 1. The minimum absolute atomic E-state index is 0.0343. The maximum absolute atomic E-state index is 12.3. The van der Waals surface area contributed by atoms with E-state index in [0.29, 0.717) is 13.0 Å². The molecule has 0 radical (unpaired) electrons. The summed E-state index contributed by atoms with van der Waals surface area (Å²) in [5.74, 6) is 1.12. The standard InChI is InChI=1S/C12H16N2O4S/c1-4-6-14(7-5-2)19(17,18)10-8-11(12(15)16)13(3)9-10/h1,8-9H,5-7H2,2-3H3,(H,15,16). The molecule has 0 aromatic carbocycles. The Bertz CT molecular complexity index is 610. The van der Waals surface area contributed by atoms with Crippen molar-refractivity contribution in [2.75, 3.05) is 13.1 Å². The van der Waals surface area contributed by atoms with Gasteiger partial charge in [-0.3, -0.25) is 0 Å². The lowest BCUT2D eigenvalue weighted by Gasteiger charge is -2.17. The molecule has 1 N–H and O–H groups in total. The van der Waals surface area contributed by atoms with Gasteiger partial charge in [-0.2, -0.15) is 4.31 Å². The van der Waals surface area contributed by atoms with Gasteiger partial charge >= 0.3 is 5.97 Å². The number of terminal acetylenes is 1. The largest absolute Gasteiger partial charge is 0.477 e. The first-order chi connectivity index (χ1) is 8.84. The highest BCUT2D eigenvalue weighted by atomic mass is 32.2. The number of sulfonamides is 1. The summed E-state index contributed by atoms with van der Waals surface area (Å²) in [6.45, 7) is 2.10. The van der Waals surface area contributed by atoms with Crippen LogP contribution in [0.5, 0.6) is 0 Å². The van der Waals surface area contributed by atoms with Crippen LogP contribution in [-0.4, -0.2) is 41.5 Å². The van der Waals surface area contributed by atoms with Crippen LogP contribution < -0.4 is 0 Å². The van der Waals surface area contributed by atoms with Crippen molar-refractivity contribution >= 4 is 16.0 Å². The molecule has 0 spiro atoms. The van der Waals surface area contributed by atoms with Crippen molar-refractivity contribution in [3.05, 3.63) is 18.0 Å². The molecule has 0 unspecified atom stereocenters. The van der Waals surface area contributed by atoms with Gasteiger partial charge in [0.2, 0.25) is 10.0 Å². The Morgan fingerprint density at radius 3 is 2.63 bits per heavy atom. The van der Waals surface area contributed by atoms with E-state index in [1.54, 1.807) is 0 Å². The molecule has 0 aliphatic carbocycles. The number of aromatic nitrogens is 1. The van der Waals surface area contributed by atoms with E-state index >= 15 is 0 Å². The fourth-order valence-corrected chi connectivity index (χ4v) is 3.19. The van der Waals surface area contributed by atoms with Gasteiger partial charge in [0.1, 0.15) is 10.6 Å². The van der Waals surface area contributed by atoms with Crippen LogP contribution in [0.25, 0.3) is 0 Å². The SMILES string of the molecule is C#CCN(CCC)S(=O)(=O)c1cc(C(=O)O)n(C)c1. The number of nitrogens with zero attached hydrogens (tertiary/aromatic N) is 2. The molecular formula is C12H16N2O4S. The van der Waals surface area contributed by atoms with Crippen LogP contribution >= 0.6 is 0 Å². The van der Waals surface area contributed by atoms with Gasteiger partial charge < -0.3 is 9.67 Å². The van der Waals surface area contributed by atoms with Crippen molar-refractivity contribution in [3.8, 4) is 12.3 Å². The van der Waals surface area contributed by atoms with E-state index in [0.717, 1.165) is 10.4 Å². The zero-order valence-electron chi connectivity index (χ0n) is 10.8. The molecule has 0 atom stereocenters. The highest BCUT2D eigenvalue weighted by molar-refractivity contribution is 7.89. The van der Waals surface area contributed by atoms with E-state index in [1.807, 2.05) is 6.92 Å². The van der Waals surface area contributed by atoms with Crippen LogP contribution in [0, 0.1) is 12.3 Å². The van der Waals surface area contributed by atoms with E-state index < -0.39 is 16.0 Å². The van der Waals surface area contributed by atoms with Crippen LogP contribution in [0.2, 0.25) is 0 Å². The summed E-state index contributed by atoms with van der Waals surface area (Å²) in [5.41, 5.74) is -0.0873. The summed E-state index contributed by atoms with van der Waals surface area (Å²) in [7, 11) is -2.27. The van der Waals surface area contributed by atoms with Crippen LogP contribution in [0.4, 0.5) is 0 Å². The Morgan fingerprint density at radius 1 is 1.58 bits per heavy atom. The third kappa shape index (κ3) is 3.16. The lowest BCUT2D eigenvalue weighted by Crippen LogP contribution is -2.32. The first-order valence-electron chi connectivity index (χ1n) is 5.67. The fourth-order valence-electron chi connectivity index (χ4n) is 1.67. The molecule has 1 rings (SSSR count). The summed E-state index contributed by atoms with van der Waals surface area (Å²) in [6, 6.07) is 1.14. The molecular weight excluding hydrogens is 268 g/mol. The molecule has 19 heavy (non-hydrogen) atoms. The highest BCUT2D eigenvalue weighted by Gasteiger charge is 2.26. The number of hydrogen-bond donors (Lipinski definition) is 1. The quantitative estimate of drug-likeness (QED) is 0.782. The van der Waals surface area contributed by atoms with Gasteiger partial charge in [0.15, 0.2) is 0 Å².